The third-order valence-electron chi connectivity index (χ3n) is 1.85. The van der Waals surface area contributed by atoms with Gasteiger partial charge in [0.1, 0.15) is 11.0 Å². The summed E-state index contributed by atoms with van der Waals surface area (Å²) in [6, 6.07) is 2.64. The molecule has 0 spiro atoms. The molecule has 0 saturated carbocycles. The van der Waals surface area contributed by atoms with Gasteiger partial charge in [-0.1, -0.05) is 11.6 Å². The molecule has 17 heavy (non-hydrogen) atoms. The molecule has 1 amide bonds. The molecule has 0 atom stereocenters. The predicted octanol–water partition coefficient (Wildman–Crippen LogP) is 0.981. The molecule has 0 aliphatic rings. The highest BCUT2D eigenvalue weighted by molar-refractivity contribution is 6.29. The molecule has 1 aromatic rings. The number of carboxylic acid groups (broad SMARTS) is 1. The molecule has 1 rings (SSSR count). The molecule has 7 heteroatoms. The van der Waals surface area contributed by atoms with Gasteiger partial charge >= 0.3 is 5.97 Å². The Balaban J connectivity index is 2.59. The van der Waals surface area contributed by atoms with E-state index in [1.807, 2.05) is 0 Å². The summed E-state index contributed by atoms with van der Waals surface area (Å²) in [5, 5.41) is 14.4. The van der Waals surface area contributed by atoms with Crippen LogP contribution in [0.1, 0.15) is 17.3 Å². The van der Waals surface area contributed by atoms with Crippen LogP contribution in [-0.2, 0) is 4.79 Å². The van der Waals surface area contributed by atoms with Crippen LogP contribution in [0.2, 0.25) is 5.15 Å². The van der Waals surface area contributed by atoms with Gasteiger partial charge < -0.3 is 15.7 Å². The Morgan fingerprint density at radius 3 is 2.71 bits per heavy atom. The van der Waals surface area contributed by atoms with E-state index in [-0.39, 0.29) is 16.6 Å². The number of carbonyl (C=O) groups is 2. The second-order valence-corrected chi connectivity index (χ2v) is 3.67. The first-order valence-electron chi connectivity index (χ1n) is 4.88. The van der Waals surface area contributed by atoms with Crippen molar-refractivity contribution >= 4 is 29.3 Å². The van der Waals surface area contributed by atoms with Crippen LogP contribution in [0.25, 0.3) is 0 Å². The second-order valence-electron chi connectivity index (χ2n) is 3.28. The largest absolute Gasteiger partial charge is 0.478 e. The topological polar surface area (TPSA) is 91.3 Å². The molecule has 0 aromatic carbocycles. The molecule has 0 unspecified atom stereocenters. The number of nitrogens with one attached hydrogen (secondary N) is 2. The standard InChI is InChI=1S/C10H12ClN3O3/c1-6(15)12-2-3-13-9-5-7(10(16)17)4-8(11)14-9/h4-5H,2-3H2,1H3,(H,12,15)(H,13,14)(H,16,17). The molecule has 0 saturated heterocycles. The van der Waals surface area contributed by atoms with Gasteiger partial charge in [-0.3, -0.25) is 4.79 Å². The second kappa shape index (κ2) is 6.05. The highest BCUT2D eigenvalue weighted by atomic mass is 35.5. The molecule has 0 fully saturated rings. The number of anilines is 1. The zero-order chi connectivity index (χ0) is 12.8. The first-order chi connectivity index (χ1) is 7.99. The summed E-state index contributed by atoms with van der Waals surface area (Å²) in [6.45, 7) is 2.28. The third kappa shape index (κ3) is 4.69. The lowest BCUT2D eigenvalue weighted by Crippen LogP contribution is -2.26. The Morgan fingerprint density at radius 2 is 2.12 bits per heavy atom. The lowest BCUT2D eigenvalue weighted by atomic mass is 10.2. The maximum absolute atomic E-state index is 10.8. The highest BCUT2D eigenvalue weighted by Gasteiger charge is 2.06. The van der Waals surface area contributed by atoms with E-state index in [0.717, 1.165) is 0 Å². The van der Waals surface area contributed by atoms with Crippen LogP contribution in [0.3, 0.4) is 0 Å². The number of aromatic nitrogens is 1. The van der Waals surface area contributed by atoms with Gasteiger partial charge in [-0.2, -0.15) is 0 Å². The van der Waals surface area contributed by atoms with Gasteiger partial charge in [0.15, 0.2) is 0 Å². The van der Waals surface area contributed by atoms with Crippen LogP contribution in [0.4, 0.5) is 5.82 Å². The van der Waals surface area contributed by atoms with E-state index in [2.05, 4.69) is 15.6 Å². The van der Waals surface area contributed by atoms with Gasteiger partial charge in [-0.25, -0.2) is 9.78 Å². The van der Waals surface area contributed by atoms with Crippen molar-refractivity contribution in [1.29, 1.82) is 0 Å². The van der Waals surface area contributed by atoms with Gasteiger partial charge in [-0.05, 0) is 12.1 Å². The summed E-state index contributed by atoms with van der Waals surface area (Å²) in [7, 11) is 0. The van der Waals surface area contributed by atoms with E-state index in [4.69, 9.17) is 16.7 Å². The minimum absolute atomic E-state index is 0.0621. The number of hydrogen-bond donors (Lipinski definition) is 3. The molecule has 92 valence electrons. The average molecular weight is 258 g/mol. The van der Waals surface area contributed by atoms with Crippen LogP contribution < -0.4 is 10.6 Å². The fraction of sp³-hybridized carbons (Fsp3) is 0.300. The van der Waals surface area contributed by atoms with E-state index >= 15 is 0 Å². The third-order valence-corrected chi connectivity index (χ3v) is 2.04. The Morgan fingerprint density at radius 1 is 1.41 bits per heavy atom. The first kappa shape index (κ1) is 13.2. The molecule has 0 aliphatic carbocycles. The molecule has 1 aromatic heterocycles. The number of carbonyl (C=O) groups excluding carboxylic acids is 1. The van der Waals surface area contributed by atoms with Crippen molar-refractivity contribution in [3.63, 3.8) is 0 Å². The van der Waals surface area contributed by atoms with Crippen molar-refractivity contribution in [2.75, 3.05) is 18.4 Å². The number of pyridine rings is 1. The summed E-state index contributed by atoms with van der Waals surface area (Å²) >= 11 is 5.67. The van der Waals surface area contributed by atoms with Gasteiger partial charge in [0.05, 0.1) is 5.56 Å². The molecule has 3 N–H and O–H groups in total. The van der Waals surface area contributed by atoms with E-state index in [1.165, 1.54) is 19.1 Å². The summed E-state index contributed by atoms with van der Waals surface area (Å²) < 4.78 is 0. The van der Waals surface area contributed by atoms with Crippen LogP contribution >= 0.6 is 11.6 Å². The molecule has 6 nitrogen and oxygen atoms in total. The monoisotopic (exact) mass is 257 g/mol. The lowest BCUT2D eigenvalue weighted by molar-refractivity contribution is -0.118. The van der Waals surface area contributed by atoms with Crippen molar-refractivity contribution in [3.8, 4) is 0 Å². The van der Waals surface area contributed by atoms with Gasteiger partial charge in [0.2, 0.25) is 5.91 Å². The number of nitrogens with zero attached hydrogens (tertiary/aromatic N) is 1. The number of halogens is 1. The van der Waals surface area contributed by atoms with Crippen LogP contribution in [0.15, 0.2) is 12.1 Å². The average Bonchev–Trinajstić information content (AvgIpc) is 2.23. The summed E-state index contributed by atoms with van der Waals surface area (Å²) in [4.78, 5) is 25.3. The number of hydrogen-bond acceptors (Lipinski definition) is 4. The van der Waals surface area contributed by atoms with Gasteiger partial charge in [0.25, 0.3) is 0 Å². The van der Waals surface area contributed by atoms with Gasteiger partial charge in [0, 0.05) is 20.0 Å². The Labute approximate surface area is 103 Å². The number of aromatic carboxylic acids is 1. The molecule has 1 heterocycles. The Kier molecular flexibility index (Phi) is 4.71. The van der Waals surface area contributed by atoms with Crippen molar-refractivity contribution in [3.05, 3.63) is 22.8 Å². The highest BCUT2D eigenvalue weighted by Crippen LogP contribution is 2.14. The first-order valence-corrected chi connectivity index (χ1v) is 5.26. The number of amides is 1. The Hall–Kier alpha value is -1.82. The Bertz CT molecular complexity index is 437. The van der Waals surface area contributed by atoms with E-state index < -0.39 is 5.97 Å². The number of rotatable bonds is 5. The maximum Gasteiger partial charge on any atom is 0.335 e. The number of carboxylic acids is 1. The summed E-state index contributed by atoms with van der Waals surface area (Å²) in [5.74, 6) is -0.837. The van der Waals surface area contributed by atoms with Crippen molar-refractivity contribution in [2.24, 2.45) is 0 Å². The molecule has 0 aliphatic heterocycles. The van der Waals surface area contributed by atoms with E-state index in [9.17, 15) is 9.59 Å². The molecular weight excluding hydrogens is 246 g/mol. The molecule has 0 radical (unpaired) electrons. The normalized spacial score (nSPS) is 9.76. The molecular formula is C10H12ClN3O3. The maximum atomic E-state index is 10.8. The SMILES string of the molecule is CC(=O)NCCNc1cc(C(=O)O)cc(Cl)n1. The van der Waals surface area contributed by atoms with E-state index in [1.54, 1.807) is 0 Å². The van der Waals surface area contributed by atoms with Crippen LogP contribution in [0.5, 0.6) is 0 Å². The van der Waals surface area contributed by atoms with Crippen molar-refractivity contribution in [1.82, 2.24) is 10.3 Å². The van der Waals surface area contributed by atoms with Crippen LogP contribution in [-0.4, -0.2) is 35.1 Å². The van der Waals surface area contributed by atoms with Gasteiger partial charge in [-0.15, -0.1) is 0 Å². The van der Waals surface area contributed by atoms with Crippen LogP contribution in [0, 0.1) is 0 Å². The quantitative estimate of drug-likeness (QED) is 0.540. The van der Waals surface area contributed by atoms with E-state index in [0.29, 0.717) is 18.9 Å². The van der Waals surface area contributed by atoms with Crippen molar-refractivity contribution in [2.45, 2.75) is 6.92 Å². The fourth-order valence-electron chi connectivity index (χ4n) is 1.14. The predicted molar refractivity (Wildman–Crippen MR) is 63.4 cm³/mol. The fourth-order valence-corrected chi connectivity index (χ4v) is 1.35. The molecule has 0 bridgehead atoms. The summed E-state index contributed by atoms with van der Waals surface area (Å²) in [5.41, 5.74) is 0.0621. The van der Waals surface area contributed by atoms with Crippen molar-refractivity contribution < 1.29 is 14.7 Å². The lowest BCUT2D eigenvalue weighted by Gasteiger charge is -2.07. The zero-order valence-corrected chi connectivity index (χ0v) is 9.91. The minimum atomic E-state index is -1.07. The summed E-state index contributed by atoms with van der Waals surface area (Å²) in [6.07, 6.45) is 0. The minimum Gasteiger partial charge on any atom is -0.478 e. The zero-order valence-electron chi connectivity index (χ0n) is 9.16. The smallest absolute Gasteiger partial charge is 0.335 e.